The summed E-state index contributed by atoms with van der Waals surface area (Å²) in [5.74, 6) is 0.910. The van der Waals surface area contributed by atoms with E-state index >= 15 is 0 Å². The molecule has 3 nitrogen and oxygen atoms in total. The third kappa shape index (κ3) is 5.14. The predicted octanol–water partition coefficient (Wildman–Crippen LogP) is 2.35. The van der Waals surface area contributed by atoms with Gasteiger partial charge in [-0.1, -0.05) is 6.07 Å². The molecule has 0 amide bonds. The van der Waals surface area contributed by atoms with Crippen LogP contribution < -0.4 is 4.74 Å². The molecule has 0 aliphatic heterocycles. The molecule has 0 saturated carbocycles. The van der Waals surface area contributed by atoms with Gasteiger partial charge in [0.2, 0.25) is 0 Å². The highest BCUT2D eigenvalue weighted by Gasteiger charge is 1.96. The van der Waals surface area contributed by atoms with Crippen LogP contribution in [0.15, 0.2) is 18.2 Å². The van der Waals surface area contributed by atoms with E-state index in [1.807, 2.05) is 12.1 Å². The van der Waals surface area contributed by atoms with E-state index in [0.717, 1.165) is 5.75 Å². The minimum absolute atomic E-state index is 0.576. The molecular formula is C13H20O3. The highest BCUT2D eigenvalue weighted by atomic mass is 16.5. The number of aryl methyl sites for hydroxylation is 2. The van der Waals surface area contributed by atoms with Crippen molar-refractivity contribution in [1.82, 2.24) is 0 Å². The van der Waals surface area contributed by atoms with Crippen molar-refractivity contribution in [2.24, 2.45) is 0 Å². The Kier molecular flexibility index (Phi) is 5.90. The average Bonchev–Trinajstić information content (AvgIpc) is 2.22. The lowest BCUT2D eigenvalue weighted by Gasteiger charge is -2.08. The van der Waals surface area contributed by atoms with Gasteiger partial charge in [-0.2, -0.15) is 0 Å². The van der Waals surface area contributed by atoms with E-state index in [0.29, 0.717) is 26.4 Å². The molecule has 0 saturated heterocycles. The van der Waals surface area contributed by atoms with Crippen molar-refractivity contribution < 1.29 is 14.2 Å². The number of hydrogen-bond acceptors (Lipinski definition) is 3. The van der Waals surface area contributed by atoms with Gasteiger partial charge < -0.3 is 14.2 Å². The first kappa shape index (κ1) is 13.0. The van der Waals surface area contributed by atoms with Gasteiger partial charge in [0, 0.05) is 7.11 Å². The van der Waals surface area contributed by atoms with Gasteiger partial charge >= 0.3 is 0 Å². The second-order valence-corrected chi connectivity index (χ2v) is 3.78. The van der Waals surface area contributed by atoms with Gasteiger partial charge in [-0.3, -0.25) is 0 Å². The zero-order valence-electron chi connectivity index (χ0n) is 10.3. The first-order valence-corrected chi connectivity index (χ1v) is 5.50. The SMILES string of the molecule is COCCOCCOc1cc(C)cc(C)c1. The van der Waals surface area contributed by atoms with E-state index < -0.39 is 0 Å². The third-order valence-electron chi connectivity index (χ3n) is 2.12. The van der Waals surface area contributed by atoms with Crippen molar-refractivity contribution in [3.63, 3.8) is 0 Å². The zero-order valence-corrected chi connectivity index (χ0v) is 10.3. The molecule has 0 aliphatic rings. The molecule has 90 valence electrons. The van der Waals surface area contributed by atoms with Crippen LogP contribution in [-0.2, 0) is 9.47 Å². The van der Waals surface area contributed by atoms with E-state index in [2.05, 4.69) is 19.9 Å². The van der Waals surface area contributed by atoms with Gasteiger partial charge in [-0.15, -0.1) is 0 Å². The lowest BCUT2D eigenvalue weighted by Crippen LogP contribution is -2.10. The van der Waals surface area contributed by atoms with Crippen molar-refractivity contribution in [1.29, 1.82) is 0 Å². The minimum atomic E-state index is 0.576. The van der Waals surface area contributed by atoms with Crippen LogP contribution in [-0.4, -0.2) is 33.5 Å². The largest absolute Gasteiger partial charge is 0.491 e. The van der Waals surface area contributed by atoms with Crippen LogP contribution in [0, 0.1) is 13.8 Å². The Morgan fingerprint density at radius 1 is 0.875 bits per heavy atom. The molecule has 0 N–H and O–H groups in total. The molecule has 16 heavy (non-hydrogen) atoms. The smallest absolute Gasteiger partial charge is 0.119 e. The van der Waals surface area contributed by atoms with Gasteiger partial charge in [-0.25, -0.2) is 0 Å². The Balaban J connectivity index is 2.21. The number of ether oxygens (including phenoxy) is 3. The molecule has 0 fully saturated rings. The maximum absolute atomic E-state index is 5.58. The monoisotopic (exact) mass is 224 g/mol. The summed E-state index contributed by atoms with van der Waals surface area (Å²) < 4.78 is 15.8. The third-order valence-corrected chi connectivity index (χ3v) is 2.12. The number of benzene rings is 1. The van der Waals surface area contributed by atoms with Crippen LogP contribution in [0.5, 0.6) is 5.75 Å². The number of rotatable bonds is 7. The van der Waals surface area contributed by atoms with Gasteiger partial charge in [0.1, 0.15) is 12.4 Å². The fraction of sp³-hybridized carbons (Fsp3) is 0.538. The van der Waals surface area contributed by atoms with Crippen molar-refractivity contribution in [2.75, 3.05) is 33.5 Å². The molecule has 0 unspecified atom stereocenters. The molecule has 0 radical (unpaired) electrons. The summed E-state index contributed by atoms with van der Waals surface area (Å²) in [6.45, 7) is 6.54. The Morgan fingerprint density at radius 2 is 1.50 bits per heavy atom. The van der Waals surface area contributed by atoms with Crippen LogP contribution in [0.3, 0.4) is 0 Å². The average molecular weight is 224 g/mol. The molecule has 0 spiro atoms. The molecule has 0 aromatic heterocycles. The van der Waals surface area contributed by atoms with Crippen molar-refractivity contribution in [3.8, 4) is 5.75 Å². The summed E-state index contributed by atoms with van der Waals surface area (Å²) >= 11 is 0. The predicted molar refractivity (Wildman–Crippen MR) is 64.1 cm³/mol. The van der Waals surface area contributed by atoms with Crippen molar-refractivity contribution in [2.45, 2.75) is 13.8 Å². The maximum Gasteiger partial charge on any atom is 0.119 e. The van der Waals surface area contributed by atoms with E-state index in [1.54, 1.807) is 7.11 Å². The van der Waals surface area contributed by atoms with Gasteiger partial charge in [0.15, 0.2) is 0 Å². The summed E-state index contributed by atoms with van der Waals surface area (Å²) in [7, 11) is 1.66. The van der Waals surface area contributed by atoms with Crippen molar-refractivity contribution >= 4 is 0 Å². The number of methoxy groups -OCH3 is 1. The highest BCUT2D eigenvalue weighted by Crippen LogP contribution is 2.15. The first-order chi connectivity index (χ1) is 7.72. The van der Waals surface area contributed by atoms with Gasteiger partial charge in [-0.05, 0) is 37.1 Å². The summed E-state index contributed by atoms with van der Waals surface area (Å²) in [5.41, 5.74) is 2.44. The molecule has 1 rings (SSSR count). The minimum Gasteiger partial charge on any atom is -0.491 e. The molecule has 0 aliphatic carbocycles. The first-order valence-electron chi connectivity index (χ1n) is 5.50. The van der Waals surface area contributed by atoms with Crippen LogP contribution in [0.4, 0.5) is 0 Å². The van der Waals surface area contributed by atoms with E-state index in [-0.39, 0.29) is 0 Å². The van der Waals surface area contributed by atoms with Crippen molar-refractivity contribution in [3.05, 3.63) is 29.3 Å². The van der Waals surface area contributed by atoms with Crippen LogP contribution >= 0.6 is 0 Å². The van der Waals surface area contributed by atoms with Crippen LogP contribution in [0.2, 0.25) is 0 Å². The molecular weight excluding hydrogens is 204 g/mol. The van der Waals surface area contributed by atoms with Gasteiger partial charge in [0.25, 0.3) is 0 Å². The summed E-state index contributed by atoms with van der Waals surface area (Å²) in [4.78, 5) is 0. The zero-order chi connectivity index (χ0) is 11.8. The van der Waals surface area contributed by atoms with Crippen LogP contribution in [0.25, 0.3) is 0 Å². The normalized spacial score (nSPS) is 10.4. The van der Waals surface area contributed by atoms with E-state index in [1.165, 1.54) is 11.1 Å². The topological polar surface area (TPSA) is 27.7 Å². The Morgan fingerprint density at radius 3 is 2.12 bits per heavy atom. The van der Waals surface area contributed by atoms with E-state index in [4.69, 9.17) is 14.2 Å². The second-order valence-electron chi connectivity index (χ2n) is 3.78. The molecule has 0 bridgehead atoms. The molecule has 3 heteroatoms. The number of hydrogen-bond donors (Lipinski definition) is 0. The summed E-state index contributed by atoms with van der Waals surface area (Å²) in [6.07, 6.45) is 0. The van der Waals surface area contributed by atoms with Gasteiger partial charge in [0.05, 0.1) is 19.8 Å². The molecule has 1 aromatic carbocycles. The van der Waals surface area contributed by atoms with E-state index in [9.17, 15) is 0 Å². The molecule has 0 heterocycles. The standard InChI is InChI=1S/C13H20O3/c1-11-8-12(2)10-13(9-11)16-7-6-15-5-4-14-3/h8-10H,4-7H2,1-3H3. The summed E-state index contributed by atoms with van der Waals surface area (Å²) in [6, 6.07) is 6.19. The Hall–Kier alpha value is -1.06. The fourth-order valence-corrected chi connectivity index (χ4v) is 1.48. The summed E-state index contributed by atoms with van der Waals surface area (Å²) in [5, 5.41) is 0. The Labute approximate surface area is 97.3 Å². The molecule has 1 aromatic rings. The quantitative estimate of drug-likeness (QED) is 0.665. The maximum atomic E-state index is 5.58. The highest BCUT2D eigenvalue weighted by molar-refractivity contribution is 5.32. The lowest BCUT2D eigenvalue weighted by molar-refractivity contribution is 0.0544. The fourth-order valence-electron chi connectivity index (χ4n) is 1.48. The Bertz CT molecular complexity index is 290. The second kappa shape index (κ2) is 7.25. The molecule has 0 atom stereocenters. The lowest BCUT2D eigenvalue weighted by atomic mass is 10.1. The van der Waals surface area contributed by atoms with Crippen LogP contribution in [0.1, 0.15) is 11.1 Å².